The van der Waals surface area contributed by atoms with E-state index in [1.54, 1.807) is 6.08 Å². The molecule has 0 unspecified atom stereocenters. The van der Waals surface area contributed by atoms with Gasteiger partial charge in [0.1, 0.15) is 0 Å². The topological polar surface area (TPSA) is 17.1 Å². The summed E-state index contributed by atoms with van der Waals surface area (Å²) in [6.07, 6.45) is 7.56. The lowest BCUT2D eigenvalue weighted by atomic mass is 9.74. The summed E-state index contributed by atoms with van der Waals surface area (Å²) >= 11 is 0. The van der Waals surface area contributed by atoms with Crippen LogP contribution in [0.5, 0.6) is 0 Å². The minimum absolute atomic E-state index is 0.00942. The average Bonchev–Trinajstić information content (AvgIpc) is 2.08. The lowest BCUT2D eigenvalue weighted by molar-refractivity contribution is -0.111. The van der Waals surface area contributed by atoms with Crippen LogP contribution in [0.15, 0.2) is 35.5 Å². The van der Waals surface area contributed by atoms with Gasteiger partial charge in [-0.2, -0.15) is 0 Å². The predicted molar refractivity (Wildman–Crippen MR) is 55.4 cm³/mol. The number of carbonyl (C=O) groups excluding carboxylic acids is 1. The van der Waals surface area contributed by atoms with Crippen molar-refractivity contribution in [2.75, 3.05) is 0 Å². The van der Waals surface area contributed by atoms with Crippen molar-refractivity contribution >= 4 is 5.78 Å². The van der Waals surface area contributed by atoms with Crippen molar-refractivity contribution in [3.8, 4) is 0 Å². The van der Waals surface area contributed by atoms with Crippen molar-refractivity contribution in [3.05, 3.63) is 35.5 Å². The van der Waals surface area contributed by atoms with Crippen LogP contribution in [-0.2, 0) is 4.79 Å². The van der Waals surface area contributed by atoms with Gasteiger partial charge in [0, 0.05) is 11.0 Å². The highest BCUT2D eigenvalue weighted by Crippen LogP contribution is 2.37. The van der Waals surface area contributed by atoms with Crippen molar-refractivity contribution in [3.63, 3.8) is 0 Å². The minimum Gasteiger partial charge on any atom is -0.289 e. The fourth-order valence-corrected chi connectivity index (χ4v) is 1.77. The van der Waals surface area contributed by atoms with Gasteiger partial charge < -0.3 is 0 Å². The summed E-state index contributed by atoms with van der Waals surface area (Å²) in [5.74, 6) is 0.120. The van der Waals surface area contributed by atoms with Gasteiger partial charge in [0.25, 0.3) is 0 Å². The number of ketones is 1. The van der Waals surface area contributed by atoms with Gasteiger partial charge in [-0.1, -0.05) is 32.1 Å². The van der Waals surface area contributed by atoms with Crippen LogP contribution < -0.4 is 0 Å². The molecule has 0 saturated heterocycles. The molecule has 0 N–H and O–H groups in total. The molecule has 0 aliphatic heterocycles. The number of allylic oxidation sites excluding steroid dienone is 6. The first-order chi connectivity index (χ1) is 6.03. The van der Waals surface area contributed by atoms with Crippen LogP contribution >= 0.6 is 0 Å². The van der Waals surface area contributed by atoms with E-state index >= 15 is 0 Å². The van der Waals surface area contributed by atoms with Crippen molar-refractivity contribution in [1.29, 1.82) is 0 Å². The lowest BCUT2D eigenvalue weighted by Gasteiger charge is -2.29. The zero-order valence-corrected chi connectivity index (χ0v) is 8.72. The first-order valence-corrected chi connectivity index (χ1v) is 4.60. The third-order valence-corrected chi connectivity index (χ3v) is 2.48. The molecule has 1 aliphatic carbocycles. The van der Waals surface area contributed by atoms with E-state index in [2.05, 4.69) is 13.8 Å². The van der Waals surface area contributed by atoms with E-state index in [4.69, 9.17) is 0 Å². The van der Waals surface area contributed by atoms with E-state index in [1.165, 1.54) is 0 Å². The Morgan fingerprint density at radius 2 is 1.85 bits per heavy atom. The van der Waals surface area contributed by atoms with E-state index in [0.29, 0.717) is 0 Å². The Balaban J connectivity index is 3.29. The van der Waals surface area contributed by atoms with Gasteiger partial charge >= 0.3 is 0 Å². The third-order valence-electron chi connectivity index (χ3n) is 2.48. The molecule has 0 heterocycles. The lowest BCUT2D eigenvalue weighted by Crippen LogP contribution is -2.21. The molecule has 1 nitrogen and oxygen atoms in total. The molecule has 13 heavy (non-hydrogen) atoms. The smallest absolute Gasteiger partial charge is 0.185 e. The van der Waals surface area contributed by atoms with Crippen molar-refractivity contribution < 1.29 is 4.79 Å². The summed E-state index contributed by atoms with van der Waals surface area (Å²) in [6, 6.07) is 0. The van der Waals surface area contributed by atoms with Gasteiger partial charge in [0.05, 0.1) is 0 Å². The highest BCUT2D eigenvalue weighted by atomic mass is 16.1. The molecule has 1 heteroatoms. The maximum atomic E-state index is 11.5. The molecule has 0 radical (unpaired) electrons. The predicted octanol–water partition coefficient (Wildman–Crippen LogP) is 3.04. The van der Waals surface area contributed by atoms with E-state index in [9.17, 15) is 4.79 Å². The molecule has 0 bridgehead atoms. The molecule has 70 valence electrons. The Morgan fingerprint density at radius 1 is 1.23 bits per heavy atom. The van der Waals surface area contributed by atoms with E-state index in [-0.39, 0.29) is 11.2 Å². The standard InChI is InChI=1S/C12H16O/c1-5-9-10(6-2)12(3,4)8-7-11(9)13/h5-8H,1-4H3/b9-5+,10-6+. The fraction of sp³-hybridized carbons (Fsp3) is 0.417. The second-order valence-electron chi connectivity index (χ2n) is 3.82. The molecule has 0 fully saturated rings. The van der Waals surface area contributed by atoms with E-state index in [0.717, 1.165) is 11.1 Å². The van der Waals surface area contributed by atoms with Crippen LogP contribution in [0.4, 0.5) is 0 Å². The largest absolute Gasteiger partial charge is 0.289 e. The van der Waals surface area contributed by atoms with Crippen molar-refractivity contribution in [1.82, 2.24) is 0 Å². The summed E-state index contributed by atoms with van der Waals surface area (Å²) in [4.78, 5) is 11.5. The van der Waals surface area contributed by atoms with Gasteiger partial charge in [0.15, 0.2) is 5.78 Å². The SMILES string of the molecule is C/C=C1\C(=C/C)C(=O)C=CC1(C)C. The van der Waals surface area contributed by atoms with Gasteiger partial charge in [-0.25, -0.2) is 0 Å². The molecule has 1 rings (SSSR count). The highest BCUT2D eigenvalue weighted by Gasteiger charge is 2.28. The van der Waals surface area contributed by atoms with Crippen LogP contribution in [0, 0.1) is 5.41 Å². The van der Waals surface area contributed by atoms with Crippen LogP contribution in [-0.4, -0.2) is 5.78 Å². The number of carbonyl (C=O) groups is 1. The minimum atomic E-state index is -0.00942. The van der Waals surface area contributed by atoms with Crippen LogP contribution in [0.2, 0.25) is 0 Å². The first-order valence-electron chi connectivity index (χ1n) is 4.60. The molecular weight excluding hydrogens is 160 g/mol. The monoisotopic (exact) mass is 176 g/mol. The second-order valence-corrected chi connectivity index (χ2v) is 3.82. The Kier molecular flexibility index (Phi) is 2.55. The maximum absolute atomic E-state index is 11.5. The quantitative estimate of drug-likeness (QED) is 0.518. The molecular formula is C12H16O. The molecule has 0 saturated carbocycles. The Morgan fingerprint density at radius 3 is 2.23 bits per heavy atom. The first kappa shape index (κ1) is 9.97. The highest BCUT2D eigenvalue weighted by molar-refractivity contribution is 6.09. The summed E-state index contributed by atoms with van der Waals surface area (Å²) in [5.41, 5.74) is 1.96. The Hall–Kier alpha value is -1.11. The number of hydrogen-bond donors (Lipinski definition) is 0. The molecule has 0 aromatic heterocycles. The van der Waals surface area contributed by atoms with E-state index < -0.39 is 0 Å². The van der Waals surface area contributed by atoms with Gasteiger partial charge in [-0.15, -0.1) is 0 Å². The van der Waals surface area contributed by atoms with Gasteiger partial charge in [-0.3, -0.25) is 4.79 Å². The summed E-state index contributed by atoms with van der Waals surface area (Å²) in [7, 11) is 0. The van der Waals surface area contributed by atoms with Gasteiger partial charge in [0.2, 0.25) is 0 Å². The zero-order chi connectivity index (χ0) is 10.1. The van der Waals surface area contributed by atoms with Crippen LogP contribution in [0.3, 0.4) is 0 Å². The Bertz CT molecular complexity index is 314. The summed E-state index contributed by atoms with van der Waals surface area (Å²) < 4.78 is 0. The fourth-order valence-electron chi connectivity index (χ4n) is 1.77. The normalized spacial score (nSPS) is 27.2. The molecule has 0 aromatic carbocycles. The number of rotatable bonds is 0. The van der Waals surface area contributed by atoms with Crippen LogP contribution in [0.25, 0.3) is 0 Å². The maximum Gasteiger partial charge on any atom is 0.185 e. The molecule has 0 amide bonds. The van der Waals surface area contributed by atoms with E-state index in [1.807, 2.05) is 32.1 Å². The molecule has 1 aliphatic rings. The average molecular weight is 176 g/mol. The van der Waals surface area contributed by atoms with Gasteiger partial charge in [-0.05, 0) is 25.5 Å². The third kappa shape index (κ3) is 1.64. The molecule has 0 spiro atoms. The van der Waals surface area contributed by atoms with Crippen LogP contribution in [0.1, 0.15) is 27.7 Å². The summed E-state index contributed by atoms with van der Waals surface area (Å²) in [6.45, 7) is 8.13. The number of hydrogen-bond acceptors (Lipinski definition) is 1. The summed E-state index contributed by atoms with van der Waals surface area (Å²) in [5, 5.41) is 0. The molecule has 0 aromatic rings. The zero-order valence-electron chi connectivity index (χ0n) is 8.72. The Labute approximate surface area is 79.8 Å². The van der Waals surface area contributed by atoms with Crippen molar-refractivity contribution in [2.24, 2.45) is 5.41 Å². The second kappa shape index (κ2) is 3.33. The van der Waals surface area contributed by atoms with Crippen molar-refractivity contribution in [2.45, 2.75) is 27.7 Å². The molecule has 0 atom stereocenters.